The first-order chi connectivity index (χ1) is 11.5. The molecule has 5 heteroatoms. The second kappa shape index (κ2) is 7.90. The van der Waals surface area contributed by atoms with E-state index < -0.39 is 0 Å². The lowest BCUT2D eigenvalue weighted by molar-refractivity contribution is 0.765. The van der Waals surface area contributed by atoms with Crippen molar-refractivity contribution in [2.24, 2.45) is 0 Å². The van der Waals surface area contributed by atoms with Crippen molar-refractivity contribution in [1.29, 1.82) is 0 Å². The Morgan fingerprint density at radius 2 is 1.79 bits per heavy atom. The van der Waals surface area contributed by atoms with Crippen molar-refractivity contribution in [3.8, 4) is 11.4 Å². The number of imidazole rings is 1. The molecule has 0 atom stereocenters. The fourth-order valence-corrected chi connectivity index (χ4v) is 2.58. The first-order valence-corrected chi connectivity index (χ1v) is 8.57. The Bertz CT molecular complexity index is 877. The van der Waals surface area contributed by atoms with Crippen LogP contribution in [-0.4, -0.2) is 19.6 Å². The maximum atomic E-state index is 12.4. The van der Waals surface area contributed by atoms with E-state index in [2.05, 4.69) is 35.8 Å². The van der Waals surface area contributed by atoms with Gasteiger partial charge in [0.2, 0.25) is 0 Å². The molecular weight excluding hydrogens is 300 g/mol. The molecule has 1 aromatic carbocycles. The summed E-state index contributed by atoms with van der Waals surface area (Å²) in [6, 6.07) is 7.88. The van der Waals surface area contributed by atoms with Crippen LogP contribution in [0.15, 0.2) is 29.1 Å². The molecule has 3 aromatic rings. The minimum atomic E-state index is -0.143. The fraction of sp³-hybridized carbons (Fsp3) is 0.421. The molecule has 0 amide bonds. The van der Waals surface area contributed by atoms with Crippen LogP contribution in [0.3, 0.4) is 0 Å². The number of aromatic amines is 1. The van der Waals surface area contributed by atoms with Crippen molar-refractivity contribution in [2.75, 3.05) is 0 Å². The smallest absolute Gasteiger partial charge is 0.277 e. The number of fused-ring (bicyclic) bond motifs is 1. The topological polar surface area (TPSA) is 63.0 Å². The van der Waals surface area contributed by atoms with Crippen LogP contribution in [0.4, 0.5) is 0 Å². The third-order valence-electron chi connectivity index (χ3n) is 3.62. The van der Waals surface area contributed by atoms with E-state index >= 15 is 0 Å². The quantitative estimate of drug-likeness (QED) is 0.789. The number of nitrogens with zero attached hydrogens (tertiary/aromatic N) is 3. The van der Waals surface area contributed by atoms with Crippen molar-refractivity contribution in [3.05, 3.63) is 51.7 Å². The highest BCUT2D eigenvalue weighted by Crippen LogP contribution is 2.19. The van der Waals surface area contributed by atoms with Gasteiger partial charge >= 0.3 is 0 Å². The number of aromatic nitrogens is 4. The molecule has 0 spiro atoms. The number of hydrogen-bond donors (Lipinski definition) is 1. The lowest BCUT2D eigenvalue weighted by Gasteiger charge is -2.06. The van der Waals surface area contributed by atoms with E-state index in [0.29, 0.717) is 11.3 Å². The van der Waals surface area contributed by atoms with Crippen LogP contribution in [0, 0.1) is 13.8 Å². The zero-order valence-electron chi connectivity index (χ0n) is 15.2. The molecule has 2 aromatic heterocycles. The molecule has 0 saturated carbocycles. The van der Waals surface area contributed by atoms with Crippen LogP contribution < -0.4 is 5.56 Å². The molecule has 2 heterocycles. The molecule has 0 aliphatic rings. The van der Waals surface area contributed by atoms with Gasteiger partial charge in [-0.2, -0.15) is 0 Å². The predicted molar refractivity (Wildman–Crippen MR) is 98.5 cm³/mol. The molecular formula is C19H26N4O. The molecule has 0 fully saturated rings. The lowest BCUT2D eigenvalue weighted by Crippen LogP contribution is -2.15. The fourth-order valence-electron chi connectivity index (χ4n) is 2.58. The van der Waals surface area contributed by atoms with Crippen LogP contribution in [0.2, 0.25) is 0 Å². The van der Waals surface area contributed by atoms with Gasteiger partial charge in [-0.3, -0.25) is 4.79 Å². The predicted octanol–water partition coefficient (Wildman–Crippen LogP) is 4.07. The van der Waals surface area contributed by atoms with Gasteiger partial charge in [-0.05, 0) is 25.8 Å². The number of hydrogen-bond acceptors (Lipinski definition) is 3. The third kappa shape index (κ3) is 3.55. The monoisotopic (exact) mass is 326 g/mol. The third-order valence-corrected chi connectivity index (χ3v) is 3.62. The highest BCUT2D eigenvalue weighted by Gasteiger charge is 2.14. The summed E-state index contributed by atoms with van der Waals surface area (Å²) < 4.78 is 1.69. The molecule has 0 radical (unpaired) electrons. The molecule has 24 heavy (non-hydrogen) atoms. The normalized spacial score (nSPS) is 10.5. The van der Waals surface area contributed by atoms with Crippen molar-refractivity contribution >= 4 is 5.52 Å². The van der Waals surface area contributed by atoms with Gasteiger partial charge in [0.1, 0.15) is 5.82 Å². The number of rotatable bonds is 3. The summed E-state index contributed by atoms with van der Waals surface area (Å²) in [5, 5.41) is 4.61. The highest BCUT2D eigenvalue weighted by atomic mass is 16.1. The van der Waals surface area contributed by atoms with Crippen molar-refractivity contribution < 1.29 is 0 Å². The average Bonchev–Trinajstić information content (AvgIpc) is 2.85. The van der Waals surface area contributed by atoms with Gasteiger partial charge in [0.25, 0.3) is 5.56 Å². The maximum Gasteiger partial charge on any atom is 0.277 e. The Morgan fingerprint density at radius 3 is 2.42 bits per heavy atom. The van der Waals surface area contributed by atoms with E-state index in [0.717, 1.165) is 35.5 Å². The van der Waals surface area contributed by atoms with Crippen molar-refractivity contribution in [3.63, 3.8) is 0 Å². The molecule has 0 saturated heterocycles. The molecule has 0 bridgehead atoms. The summed E-state index contributed by atoms with van der Waals surface area (Å²) in [4.78, 5) is 19.7. The van der Waals surface area contributed by atoms with Crippen LogP contribution in [-0.2, 0) is 6.42 Å². The second-order valence-electron chi connectivity index (χ2n) is 5.95. The number of aryl methyl sites for hydroxylation is 3. The van der Waals surface area contributed by atoms with Crippen molar-refractivity contribution in [1.82, 2.24) is 19.6 Å². The van der Waals surface area contributed by atoms with Crippen LogP contribution in [0.25, 0.3) is 16.9 Å². The maximum absolute atomic E-state index is 12.4. The summed E-state index contributed by atoms with van der Waals surface area (Å²) in [7, 11) is 0. The zero-order valence-corrected chi connectivity index (χ0v) is 15.2. The van der Waals surface area contributed by atoms with Crippen molar-refractivity contribution in [2.45, 2.75) is 53.9 Å². The average molecular weight is 326 g/mol. The zero-order chi connectivity index (χ0) is 17.7. The largest absolute Gasteiger partial charge is 0.303 e. The van der Waals surface area contributed by atoms with E-state index in [4.69, 9.17) is 0 Å². The second-order valence-corrected chi connectivity index (χ2v) is 5.95. The molecule has 1 N–H and O–H groups in total. The van der Waals surface area contributed by atoms with E-state index in [1.165, 1.54) is 6.42 Å². The first-order valence-electron chi connectivity index (χ1n) is 8.57. The summed E-state index contributed by atoms with van der Waals surface area (Å²) in [5.74, 6) is 1.42. The summed E-state index contributed by atoms with van der Waals surface area (Å²) in [6.07, 6.45) is 3.02. The number of H-pyrrole nitrogens is 1. The van der Waals surface area contributed by atoms with Gasteiger partial charge < -0.3 is 4.98 Å². The van der Waals surface area contributed by atoms with Crippen LogP contribution in [0.1, 0.15) is 50.7 Å². The van der Waals surface area contributed by atoms with E-state index in [9.17, 15) is 4.79 Å². The van der Waals surface area contributed by atoms with E-state index in [1.54, 1.807) is 4.52 Å². The minimum Gasteiger partial charge on any atom is -0.303 e. The Balaban J connectivity index is 0.000000647. The minimum absolute atomic E-state index is 0.143. The number of benzene rings is 1. The highest BCUT2D eigenvalue weighted by molar-refractivity contribution is 5.61. The summed E-state index contributed by atoms with van der Waals surface area (Å²) in [5.41, 5.74) is 3.13. The lowest BCUT2D eigenvalue weighted by atomic mass is 10.1. The van der Waals surface area contributed by atoms with Gasteiger partial charge in [0, 0.05) is 12.0 Å². The Kier molecular flexibility index (Phi) is 5.90. The summed E-state index contributed by atoms with van der Waals surface area (Å²) >= 11 is 0. The molecule has 0 unspecified atom stereocenters. The van der Waals surface area contributed by atoms with Gasteiger partial charge in [0.05, 0.1) is 5.69 Å². The molecule has 3 rings (SSSR count). The van der Waals surface area contributed by atoms with E-state index in [-0.39, 0.29) is 5.56 Å². The van der Waals surface area contributed by atoms with Gasteiger partial charge in [-0.25, -0.2) is 9.50 Å². The molecule has 128 valence electrons. The molecule has 0 aliphatic heterocycles. The van der Waals surface area contributed by atoms with Gasteiger partial charge in [-0.1, -0.05) is 51.5 Å². The van der Waals surface area contributed by atoms with Gasteiger partial charge in [0.15, 0.2) is 11.3 Å². The Morgan fingerprint density at radius 1 is 1.12 bits per heavy atom. The SMILES string of the molecule is CCC.CCCc1nc(C)c2c(=O)[nH]c(-c3ccccc3C)nn12. The number of nitrogens with one attached hydrogen (secondary N) is 1. The first kappa shape index (κ1) is 17.9. The van der Waals surface area contributed by atoms with Crippen LogP contribution in [0.5, 0.6) is 0 Å². The summed E-state index contributed by atoms with van der Waals surface area (Å²) in [6.45, 7) is 10.2. The van der Waals surface area contributed by atoms with E-state index in [1.807, 2.05) is 38.1 Å². The molecule has 0 aliphatic carbocycles. The Labute approximate surface area is 142 Å². The van der Waals surface area contributed by atoms with Crippen LogP contribution >= 0.6 is 0 Å². The molecule has 5 nitrogen and oxygen atoms in total. The Hall–Kier alpha value is -2.43. The van der Waals surface area contributed by atoms with Gasteiger partial charge in [-0.15, -0.1) is 5.10 Å². The standard InChI is InChI=1S/C16H18N4O.C3H8/c1-4-7-13-17-11(3)14-16(21)18-15(19-20(13)14)12-9-6-5-8-10(12)2;1-3-2/h5-6,8-9H,4,7H2,1-3H3,(H,18,19,21);3H2,1-2H3.